The number of halogens is 3. The highest BCUT2D eigenvalue weighted by Gasteiger charge is 2.28. The number of amides is 1. The van der Waals surface area contributed by atoms with Crippen LogP contribution in [-0.4, -0.2) is 25.2 Å². The average molecular weight is 481 g/mol. The molecule has 0 aliphatic carbocycles. The highest BCUT2D eigenvalue weighted by molar-refractivity contribution is 7.89. The van der Waals surface area contributed by atoms with Crippen LogP contribution in [0, 0.1) is 12.7 Å². The summed E-state index contributed by atoms with van der Waals surface area (Å²) in [5, 5.41) is 3.09. The predicted molar refractivity (Wildman–Crippen MR) is 120 cm³/mol. The minimum Gasteiger partial charge on any atom is -0.325 e. The van der Waals surface area contributed by atoms with E-state index in [1.807, 2.05) is 6.92 Å². The molecule has 0 unspecified atom stereocenters. The van der Waals surface area contributed by atoms with E-state index in [4.69, 9.17) is 23.2 Å². The number of carbonyl (C=O) groups excluding carboxylic acids is 1. The second-order valence-corrected chi connectivity index (χ2v) is 9.63. The summed E-state index contributed by atoms with van der Waals surface area (Å²) in [4.78, 5) is 12.6. The minimum absolute atomic E-state index is 0.0129. The Morgan fingerprint density at radius 2 is 1.71 bits per heavy atom. The first kappa shape index (κ1) is 23.2. The Kier molecular flexibility index (Phi) is 7.33. The predicted octanol–water partition coefficient (Wildman–Crippen LogP) is 5.27. The number of carbonyl (C=O) groups is 1. The molecule has 3 aromatic carbocycles. The summed E-state index contributed by atoms with van der Waals surface area (Å²) in [5.74, 6) is -1.27. The molecular weight excluding hydrogens is 462 g/mol. The van der Waals surface area contributed by atoms with E-state index in [2.05, 4.69) is 5.32 Å². The second-order valence-electron chi connectivity index (χ2n) is 6.84. The van der Waals surface area contributed by atoms with Crippen molar-refractivity contribution in [2.45, 2.75) is 18.4 Å². The Bertz CT molecular complexity index is 1180. The molecule has 3 rings (SSSR count). The Morgan fingerprint density at radius 1 is 1.03 bits per heavy atom. The van der Waals surface area contributed by atoms with Gasteiger partial charge in [-0.25, -0.2) is 12.8 Å². The van der Waals surface area contributed by atoms with Crippen molar-refractivity contribution in [2.75, 3.05) is 11.9 Å². The molecule has 0 saturated carbocycles. The quantitative estimate of drug-likeness (QED) is 0.500. The molecule has 0 bridgehead atoms. The van der Waals surface area contributed by atoms with Gasteiger partial charge in [0.15, 0.2) is 0 Å². The maximum atomic E-state index is 14.4. The smallest absolute Gasteiger partial charge is 0.243 e. The first-order valence-corrected chi connectivity index (χ1v) is 11.4. The van der Waals surface area contributed by atoms with Crippen LogP contribution in [0.2, 0.25) is 10.0 Å². The summed E-state index contributed by atoms with van der Waals surface area (Å²) < 4.78 is 41.8. The van der Waals surface area contributed by atoms with Crippen molar-refractivity contribution in [3.63, 3.8) is 0 Å². The van der Waals surface area contributed by atoms with Gasteiger partial charge in [-0.1, -0.05) is 53.0 Å². The molecule has 3 aromatic rings. The van der Waals surface area contributed by atoms with Crippen molar-refractivity contribution in [2.24, 2.45) is 0 Å². The third-order valence-electron chi connectivity index (χ3n) is 4.48. The van der Waals surface area contributed by atoms with Crippen LogP contribution in [0.15, 0.2) is 71.6 Å². The van der Waals surface area contributed by atoms with Gasteiger partial charge in [-0.3, -0.25) is 4.79 Å². The number of hydrogen-bond acceptors (Lipinski definition) is 3. The van der Waals surface area contributed by atoms with E-state index in [1.165, 1.54) is 36.4 Å². The van der Waals surface area contributed by atoms with E-state index in [0.29, 0.717) is 10.7 Å². The molecule has 9 heteroatoms. The van der Waals surface area contributed by atoms with Gasteiger partial charge in [-0.15, -0.1) is 0 Å². The fourth-order valence-electron chi connectivity index (χ4n) is 2.87. The van der Waals surface area contributed by atoms with Crippen molar-refractivity contribution in [1.82, 2.24) is 4.31 Å². The largest absolute Gasteiger partial charge is 0.325 e. The molecular formula is C22H19Cl2FN2O3S. The van der Waals surface area contributed by atoms with E-state index in [9.17, 15) is 17.6 Å². The summed E-state index contributed by atoms with van der Waals surface area (Å²) in [6.07, 6.45) is 0. The summed E-state index contributed by atoms with van der Waals surface area (Å²) in [5.41, 5.74) is 1.27. The molecule has 0 fully saturated rings. The van der Waals surface area contributed by atoms with E-state index in [0.717, 1.165) is 9.87 Å². The molecule has 0 aliphatic heterocycles. The third kappa shape index (κ3) is 5.83. The van der Waals surface area contributed by atoms with E-state index in [1.54, 1.807) is 30.3 Å². The van der Waals surface area contributed by atoms with Crippen LogP contribution in [0.4, 0.5) is 10.1 Å². The number of anilines is 1. The van der Waals surface area contributed by atoms with Crippen molar-refractivity contribution in [1.29, 1.82) is 0 Å². The van der Waals surface area contributed by atoms with Crippen LogP contribution in [0.3, 0.4) is 0 Å². The highest BCUT2D eigenvalue weighted by Crippen LogP contribution is 2.25. The second kappa shape index (κ2) is 9.78. The standard InChI is InChI=1S/C22H19Cl2FN2O3S/c1-15-8-10-18(11-9-15)31(29,30)27(13-19-20(24)6-3-7-21(19)25)14-22(28)26-17-5-2-4-16(23)12-17/h2-12H,13-14H2,1H3,(H,26,28). The monoisotopic (exact) mass is 480 g/mol. The molecule has 1 amide bonds. The van der Waals surface area contributed by atoms with Crippen molar-refractivity contribution < 1.29 is 17.6 Å². The van der Waals surface area contributed by atoms with Crippen LogP contribution < -0.4 is 5.32 Å². The zero-order valence-corrected chi connectivity index (χ0v) is 18.8. The summed E-state index contributed by atoms with van der Waals surface area (Å²) in [6.45, 7) is 0.865. The lowest BCUT2D eigenvalue weighted by atomic mass is 10.2. The Morgan fingerprint density at radius 3 is 2.35 bits per heavy atom. The molecule has 0 heterocycles. The van der Waals surface area contributed by atoms with Gasteiger partial charge in [0.2, 0.25) is 15.9 Å². The molecule has 31 heavy (non-hydrogen) atoms. The number of nitrogens with zero attached hydrogens (tertiary/aromatic N) is 1. The van der Waals surface area contributed by atoms with Crippen LogP contribution in [-0.2, 0) is 21.4 Å². The lowest BCUT2D eigenvalue weighted by Crippen LogP contribution is -2.37. The molecule has 1 N–H and O–H groups in total. The topological polar surface area (TPSA) is 66.5 Å². The first-order chi connectivity index (χ1) is 14.7. The summed E-state index contributed by atoms with van der Waals surface area (Å²) in [7, 11) is -4.12. The SMILES string of the molecule is Cc1ccc(S(=O)(=O)N(CC(=O)Nc2cccc(Cl)c2)Cc2c(F)cccc2Cl)cc1. The Balaban J connectivity index is 1.93. The van der Waals surface area contributed by atoms with Crippen molar-refractivity contribution >= 4 is 44.8 Å². The minimum atomic E-state index is -4.12. The lowest BCUT2D eigenvalue weighted by molar-refractivity contribution is -0.116. The van der Waals surface area contributed by atoms with Crippen LogP contribution >= 0.6 is 23.2 Å². The van der Waals surface area contributed by atoms with Gasteiger partial charge >= 0.3 is 0 Å². The van der Waals surface area contributed by atoms with Gasteiger partial charge < -0.3 is 5.32 Å². The number of benzene rings is 3. The van der Waals surface area contributed by atoms with Crippen molar-refractivity contribution in [3.8, 4) is 0 Å². The molecule has 5 nitrogen and oxygen atoms in total. The van der Waals surface area contributed by atoms with E-state index < -0.39 is 34.8 Å². The van der Waals surface area contributed by atoms with Gasteiger partial charge in [-0.2, -0.15) is 4.31 Å². The summed E-state index contributed by atoms with van der Waals surface area (Å²) in [6, 6.07) is 16.7. The number of sulfonamides is 1. The molecule has 0 atom stereocenters. The van der Waals surface area contributed by atoms with E-state index in [-0.39, 0.29) is 15.5 Å². The van der Waals surface area contributed by atoms with Crippen LogP contribution in [0.25, 0.3) is 0 Å². The number of hydrogen-bond donors (Lipinski definition) is 1. The number of nitrogens with one attached hydrogen (secondary N) is 1. The number of aryl methyl sites for hydroxylation is 1. The average Bonchev–Trinajstić information content (AvgIpc) is 2.70. The molecule has 0 saturated heterocycles. The molecule has 0 aromatic heterocycles. The van der Waals surface area contributed by atoms with Gasteiger partial charge in [0, 0.05) is 27.8 Å². The fourth-order valence-corrected chi connectivity index (χ4v) is 4.65. The number of rotatable bonds is 7. The van der Waals surface area contributed by atoms with Gasteiger partial charge in [0.05, 0.1) is 11.4 Å². The lowest BCUT2D eigenvalue weighted by Gasteiger charge is -2.23. The summed E-state index contributed by atoms with van der Waals surface area (Å²) >= 11 is 12.0. The Hall–Kier alpha value is -2.45. The van der Waals surface area contributed by atoms with Gasteiger partial charge in [0.1, 0.15) is 5.82 Å². The fraction of sp³-hybridized carbons (Fsp3) is 0.136. The molecule has 0 aliphatic rings. The van der Waals surface area contributed by atoms with Crippen molar-refractivity contribution in [3.05, 3.63) is 93.7 Å². The van der Waals surface area contributed by atoms with Crippen LogP contribution in [0.1, 0.15) is 11.1 Å². The molecule has 0 spiro atoms. The molecule has 0 radical (unpaired) electrons. The third-order valence-corrected chi connectivity index (χ3v) is 6.88. The van der Waals surface area contributed by atoms with Gasteiger partial charge in [0.25, 0.3) is 0 Å². The zero-order chi connectivity index (χ0) is 22.6. The Labute approximate surface area is 190 Å². The maximum absolute atomic E-state index is 14.4. The first-order valence-electron chi connectivity index (χ1n) is 9.22. The zero-order valence-electron chi connectivity index (χ0n) is 16.5. The highest BCUT2D eigenvalue weighted by atomic mass is 35.5. The molecule has 162 valence electrons. The maximum Gasteiger partial charge on any atom is 0.243 e. The normalized spacial score (nSPS) is 11.5. The van der Waals surface area contributed by atoms with Gasteiger partial charge in [-0.05, 0) is 49.4 Å². The van der Waals surface area contributed by atoms with E-state index >= 15 is 0 Å². The van der Waals surface area contributed by atoms with Crippen LogP contribution in [0.5, 0.6) is 0 Å².